The Morgan fingerprint density at radius 3 is 2.10 bits per heavy atom. The number of methoxy groups -OCH3 is 2. The average molecular weight is 596 g/mol. The number of aryl methyl sites for hydroxylation is 1. The van der Waals surface area contributed by atoms with Gasteiger partial charge in [-0.05, 0) is 56.5 Å². The van der Waals surface area contributed by atoms with Gasteiger partial charge in [0.05, 0.1) is 24.8 Å². The Hall–Kier alpha value is -4.05. The number of nitrogens with zero attached hydrogens (tertiary/aromatic N) is 2. The molecule has 0 fully saturated rings. The fourth-order valence-electron chi connectivity index (χ4n) is 4.48. The quantitative estimate of drug-likeness (QED) is 0.283. The minimum Gasteiger partial charge on any atom is -0.493 e. The van der Waals surface area contributed by atoms with E-state index in [4.69, 9.17) is 9.47 Å². The van der Waals surface area contributed by atoms with Gasteiger partial charge in [0.1, 0.15) is 12.6 Å². The molecule has 3 aromatic rings. The van der Waals surface area contributed by atoms with Crippen molar-refractivity contribution in [2.24, 2.45) is 0 Å². The first kappa shape index (κ1) is 32.5. The Morgan fingerprint density at radius 2 is 1.52 bits per heavy atom. The molecule has 0 saturated heterocycles. The van der Waals surface area contributed by atoms with E-state index in [1.165, 1.54) is 37.3 Å². The van der Waals surface area contributed by atoms with E-state index in [1.54, 1.807) is 24.3 Å². The van der Waals surface area contributed by atoms with Crippen LogP contribution in [0.5, 0.6) is 11.5 Å². The van der Waals surface area contributed by atoms with E-state index in [-0.39, 0.29) is 29.1 Å². The van der Waals surface area contributed by atoms with Crippen molar-refractivity contribution in [3.8, 4) is 11.5 Å². The van der Waals surface area contributed by atoms with Gasteiger partial charge in [0.25, 0.3) is 10.0 Å². The normalized spacial score (nSPS) is 12.6. The highest BCUT2D eigenvalue weighted by Gasteiger charge is 2.34. The van der Waals surface area contributed by atoms with Gasteiger partial charge in [0, 0.05) is 18.7 Å². The van der Waals surface area contributed by atoms with E-state index in [1.807, 2.05) is 58.0 Å². The Morgan fingerprint density at radius 1 is 0.881 bits per heavy atom. The Bertz CT molecular complexity index is 1440. The number of amides is 2. The van der Waals surface area contributed by atoms with Crippen molar-refractivity contribution >= 4 is 27.5 Å². The van der Waals surface area contributed by atoms with Crippen LogP contribution in [0.15, 0.2) is 77.7 Å². The summed E-state index contributed by atoms with van der Waals surface area (Å²) in [6.07, 6.45) is 1.09. The second-order valence-corrected chi connectivity index (χ2v) is 12.0. The van der Waals surface area contributed by atoms with Gasteiger partial charge < -0.3 is 19.7 Å². The monoisotopic (exact) mass is 595 g/mol. The SMILES string of the molecule is CC[C@@H](C)NC(=O)[C@@H](CC)N(Cc1ccccc1)C(=O)CN(c1ccc(C)cc1)S(=O)(=O)c1ccc(OC)c(OC)c1. The molecule has 0 aliphatic heterocycles. The van der Waals surface area contributed by atoms with E-state index in [0.717, 1.165) is 21.9 Å². The molecule has 0 aliphatic rings. The predicted octanol–water partition coefficient (Wildman–Crippen LogP) is 4.93. The Kier molecular flexibility index (Phi) is 11.4. The molecule has 42 heavy (non-hydrogen) atoms. The highest BCUT2D eigenvalue weighted by molar-refractivity contribution is 7.92. The third-order valence-corrected chi connectivity index (χ3v) is 8.90. The molecule has 10 heteroatoms. The summed E-state index contributed by atoms with van der Waals surface area (Å²) in [7, 11) is -1.36. The van der Waals surface area contributed by atoms with Gasteiger partial charge in [0.2, 0.25) is 11.8 Å². The van der Waals surface area contributed by atoms with E-state index in [2.05, 4.69) is 5.32 Å². The van der Waals surface area contributed by atoms with Crippen molar-refractivity contribution in [2.75, 3.05) is 25.1 Å². The van der Waals surface area contributed by atoms with Crippen LogP contribution in [0.2, 0.25) is 0 Å². The molecule has 1 N–H and O–H groups in total. The first-order valence-corrected chi connectivity index (χ1v) is 15.4. The van der Waals surface area contributed by atoms with Crippen LogP contribution in [0.4, 0.5) is 5.69 Å². The highest BCUT2D eigenvalue weighted by Crippen LogP contribution is 2.32. The summed E-state index contributed by atoms with van der Waals surface area (Å²) >= 11 is 0. The number of anilines is 1. The zero-order valence-corrected chi connectivity index (χ0v) is 26.0. The van der Waals surface area contributed by atoms with Gasteiger partial charge in [0.15, 0.2) is 11.5 Å². The number of carbonyl (C=O) groups is 2. The van der Waals surface area contributed by atoms with Crippen LogP contribution >= 0.6 is 0 Å². The molecular formula is C32H41N3O6S. The molecule has 0 aromatic heterocycles. The Labute approximate surface area is 249 Å². The minimum atomic E-state index is -4.25. The largest absolute Gasteiger partial charge is 0.493 e. The number of nitrogens with one attached hydrogen (secondary N) is 1. The van der Waals surface area contributed by atoms with Crippen LogP contribution in [0, 0.1) is 6.92 Å². The van der Waals surface area contributed by atoms with Crippen LogP contribution in [0.1, 0.15) is 44.7 Å². The fraction of sp³-hybridized carbons (Fsp3) is 0.375. The molecule has 0 unspecified atom stereocenters. The van der Waals surface area contributed by atoms with Crippen LogP contribution in [0.25, 0.3) is 0 Å². The molecular weight excluding hydrogens is 554 g/mol. The number of carbonyl (C=O) groups excluding carboxylic acids is 2. The van der Waals surface area contributed by atoms with Crippen molar-refractivity contribution in [3.05, 3.63) is 83.9 Å². The third kappa shape index (κ3) is 7.82. The maximum Gasteiger partial charge on any atom is 0.264 e. The Balaban J connectivity index is 2.08. The van der Waals surface area contributed by atoms with E-state index in [9.17, 15) is 18.0 Å². The van der Waals surface area contributed by atoms with Crippen LogP contribution in [0.3, 0.4) is 0 Å². The number of ether oxygens (including phenoxy) is 2. The number of rotatable bonds is 14. The van der Waals surface area contributed by atoms with E-state index >= 15 is 0 Å². The first-order chi connectivity index (χ1) is 20.0. The van der Waals surface area contributed by atoms with E-state index < -0.39 is 28.5 Å². The fourth-order valence-corrected chi connectivity index (χ4v) is 5.91. The smallest absolute Gasteiger partial charge is 0.264 e. The average Bonchev–Trinajstić information content (AvgIpc) is 3.00. The van der Waals surface area contributed by atoms with E-state index in [0.29, 0.717) is 17.9 Å². The van der Waals surface area contributed by atoms with Gasteiger partial charge in [-0.1, -0.05) is 61.9 Å². The molecule has 0 saturated carbocycles. The summed E-state index contributed by atoms with van der Waals surface area (Å²) in [5.41, 5.74) is 2.08. The maximum atomic E-state index is 14.2. The molecule has 0 heterocycles. The molecule has 2 amide bonds. The summed E-state index contributed by atoms with van der Waals surface area (Å²) in [6, 6.07) is 19.7. The maximum absolute atomic E-state index is 14.2. The molecule has 0 spiro atoms. The predicted molar refractivity (Wildman–Crippen MR) is 164 cm³/mol. The molecule has 0 bridgehead atoms. The molecule has 9 nitrogen and oxygen atoms in total. The van der Waals surface area contributed by atoms with Gasteiger partial charge >= 0.3 is 0 Å². The van der Waals surface area contributed by atoms with Gasteiger partial charge in [-0.25, -0.2) is 8.42 Å². The van der Waals surface area contributed by atoms with Crippen LogP contribution in [-0.2, 0) is 26.2 Å². The number of hydrogen-bond donors (Lipinski definition) is 1. The molecule has 2 atom stereocenters. The lowest BCUT2D eigenvalue weighted by molar-refractivity contribution is -0.140. The lowest BCUT2D eigenvalue weighted by atomic mass is 10.1. The third-order valence-electron chi connectivity index (χ3n) is 7.13. The molecule has 0 radical (unpaired) electrons. The van der Waals surface area contributed by atoms with Gasteiger partial charge in [-0.2, -0.15) is 0 Å². The van der Waals surface area contributed by atoms with Crippen molar-refractivity contribution in [2.45, 2.75) is 64.1 Å². The van der Waals surface area contributed by atoms with Crippen LogP contribution in [-0.4, -0.2) is 58.0 Å². The summed E-state index contributed by atoms with van der Waals surface area (Å²) in [4.78, 5) is 28.9. The summed E-state index contributed by atoms with van der Waals surface area (Å²) in [5.74, 6) is -0.163. The summed E-state index contributed by atoms with van der Waals surface area (Å²) in [5, 5.41) is 2.98. The molecule has 3 rings (SSSR count). The van der Waals surface area contributed by atoms with Crippen molar-refractivity contribution < 1.29 is 27.5 Å². The lowest BCUT2D eigenvalue weighted by Crippen LogP contribution is -2.53. The van der Waals surface area contributed by atoms with Crippen molar-refractivity contribution in [1.82, 2.24) is 10.2 Å². The van der Waals surface area contributed by atoms with Crippen molar-refractivity contribution in [1.29, 1.82) is 0 Å². The minimum absolute atomic E-state index is 0.0651. The highest BCUT2D eigenvalue weighted by atomic mass is 32.2. The number of hydrogen-bond acceptors (Lipinski definition) is 6. The second kappa shape index (κ2) is 14.7. The number of sulfonamides is 1. The second-order valence-electron chi connectivity index (χ2n) is 10.1. The zero-order chi connectivity index (χ0) is 30.9. The first-order valence-electron chi connectivity index (χ1n) is 14.0. The molecule has 3 aromatic carbocycles. The number of benzene rings is 3. The van der Waals surface area contributed by atoms with Gasteiger partial charge in [-0.15, -0.1) is 0 Å². The van der Waals surface area contributed by atoms with Gasteiger partial charge in [-0.3, -0.25) is 13.9 Å². The summed E-state index contributed by atoms with van der Waals surface area (Å²) in [6.45, 7) is 7.24. The molecule has 226 valence electrons. The zero-order valence-electron chi connectivity index (χ0n) is 25.2. The van der Waals surface area contributed by atoms with Crippen molar-refractivity contribution in [3.63, 3.8) is 0 Å². The lowest BCUT2D eigenvalue weighted by Gasteiger charge is -2.33. The summed E-state index contributed by atoms with van der Waals surface area (Å²) < 4.78 is 40.0. The van der Waals surface area contributed by atoms with Crippen LogP contribution < -0.4 is 19.1 Å². The standard InChI is InChI=1S/C32H41N3O6S/c1-7-24(4)33-32(37)28(8-2)34(21-25-12-10-9-11-13-25)31(36)22-35(26-16-14-23(3)15-17-26)42(38,39)27-18-19-29(40-5)30(20-27)41-6/h9-20,24,28H,7-8,21-22H2,1-6H3,(H,33,37)/t24-,28-/m1/s1. The topological polar surface area (TPSA) is 105 Å². The molecule has 0 aliphatic carbocycles.